The highest BCUT2D eigenvalue weighted by Gasteiger charge is 2.25. The average molecular weight is 273 g/mol. The number of carbonyl (C=O) groups excluding carboxylic acids is 1. The predicted octanol–water partition coefficient (Wildman–Crippen LogP) is 1.91. The van der Waals surface area contributed by atoms with E-state index in [1.165, 1.54) is 6.33 Å². The highest BCUT2D eigenvalue weighted by Crippen LogP contribution is 2.32. The third-order valence-corrected chi connectivity index (χ3v) is 3.42. The van der Waals surface area contributed by atoms with Crippen molar-refractivity contribution < 1.29 is 9.53 Å². The largest absolute Gasteiger partial charge is 0.462 e. The first-order valence-corrected chi connectivity index (χ1v) is 6.72. The lowest BCUT2D eigenvalue weighted by molar-refractivity contribution is -0.137. The van der Waals surface area contributed by atoms with Crippen LogP contribution in [0.2, 0.25) is 0 Å². The Kier molecular flexibility index (Phi) is 4.17. The third-order valence-electron chi connectivity index (χ3n) is 3.42. The van der Waals surface area contributed by atoms with Crippen molar-refractivity contribution in [1.82, 2.24) is 9.97 Å². The number of ether oxygens (including phenoxy) is 1. The molecule has 106 valence electrons. The van der Waals surface area contributed by atoms with Crippen molar-refractivity contribution in [3.63, 3.8) is 0 Å². The van der Waals surface area contributed by atoms with Gasteiger partial charge in [-0.25, -0.2) is 14.8 Å². The van der Waals surface area contributed by atoms with Gasteiger partial charge in [0.2, 0.25) is 0 Å². The van der Waals surface area contributed by atoms with Gasteiger partial charge < -0.3 is 10.5 Å². The van der Waals surface area contributed by atoms with Crippen molar-refractivity contribution in [3.05, 3.63) is 41.1 Å². The Morgan fingerprint density at radius 2 is 2.20 bits per heavy atom. The van der Waals surface area contributed by atoms with Gasteiger partial charge in [0.1, 0.15) is 6.33 Å². The SMILES string of the molecule is C=C(C(=O)OCC)C1=C(N)CCCc2c(C)ncnc21. The third kappa shape index (κ3) is 2.57. The first-order chi connectivity index (χ1) is 9.56. The van der Waals surface area contributed by atoms with Crippen molar-refractivity contribution in [1.29, 1.82) is 0 Å². The smallest absolute Gasteiger partial charge is 0.338 e. The summed E-state index contributed by atoms with van der Waals surface area (Å²) in [5.74, 6) is -0.449. The molecule has 0 aromatic carbocycles. The Morgan fingerprint density at radius 1 is 1.45 bits per heavy atom. The number of allylic oxidation sites excluding steroid dienone is 1. The molecule has 1 aliphatic rings. The molecule has 1 aliphatic carbocycles. The molecule has 0 saturated heterocycles. The number of nitrogens with zero attached hydrogens (tertiary/aromatic N) is 2. The van der Waals surface area contributed by atoms with Crippen LogP contribution in [0.4, 0.5) is 0 Å². The van der Waals surface area contributed by atoms with Crippen molar-refractivity contribution in [2.75, 3.05) is 6.61 Å². The molecule has 0 fully saturated rings. The summed E-state index contributed by atoms with van der Waals surface area (Å²) in [5, 5.41) is 0. The molecule has 0 bridgehead atoms. The van der Waals surface area contributed by atoms with Crippen molar-refractivity contribution in [3.8, 4) is 0 Å². The molecule has 0 radical (unpaired) electrons. The molecule has 0 saturated carbocycles. The molecule has 5 heteroatoms. The van der Waals surface area contributed by atoms with Gasteiger partial charge in [-0.3, -0.25) is 0 Å². The molecule has 0 atom stereocenters. The van der Waals surface area contributed by atoms with Crippen LogP contribution in [-0.4, -0.2) is 22.5 Å². The molecule has 2 rings (SSSR count). The second-order valence-electron chi connectivity index (χ2n) is 4.74. The van der Waals surface area contributed by atoms with E-state index in [2.05, 4.69) is 16.5 Å². The standard InChI is InChI=1S/C15H19N3O2/c1-4-20-15(19)9(2)13-12(16)7-5-6-11-10(3)17-8-18-14(11)13/h8H,2,4-7,16H2,1,3H3. The Bertz CT molecular complexity index is 591. The number of hydrogen-bond donors (Lipinski definition) is 1. The van der Waals surface area contributed by atoms with Gasteiger partial charge in [0.15, 0.2) is 0 Å². The molecule has 1 heterocycles. The van der Waals surface area contributed by atoms with Crippen LogP contribution in [0.5, 0.6) is 0 Å². The quantitative estimate of drug-likeness (QED) is 0.672. The molecule has 2 N–H and O–H groups in total. The van der Waals surface area contributed by atoms with Crippen LogP contribution >= 0.6 is 0 Å². The van der Waals surface area contributed by atoms with Crippen LogP contribution < -0.4 is 5.73 Å². The van der Waals surface area contributed by atoms with Crippen LogP contribution in [0.3, 0.4) is 0 Å². The zero-order valence-electron chi connectivity index (χ0n) is 11.9. The molecule has 0 aliphatic heterocycles. The van der Waals surface area contributed by atoms with Crippen LogP contribution in [0, 0.1) is 6.92 Å². The summed E-state index contributed by atoms with van der Waals surface area (Å²) in [7, 11) is 0. The number of fused-ring (bicyclic) bond motifs is 1. The number of hydrogen-bond acceptors (Lipinski definition) is 5. The van der Waals surface area contributed by atoms with Gasteiger partial charge in [0.05, 0.1) is 17.9 Å². The van der Waals surface area contributed by atoms with E-state index < -0.39 is 5.97 Å². The van der Waals surface area contributed by atoms with Crippen LogP contribution in [0.15, 0.2) is 24.2 Å². The number of esters is 1. The van der Waals surface area contributed by atoms with Crippen molar-refractivity contribution in [2.45, 2.75) is 33.1 Å². The monoisotopic (exact) mass is 273 g/mol. The summed E-state index contributed by atoms with van der Waals surface area (Å²) in [6, 6.07) is 0. The van der Waals surface area contributed by atoms with Crippen molar-refractivity contribution in [2.24, 2.45) is 5.73 Å². The van der Waals surface area contributed by atoms with E-state index in [0.29, 0.717) is 30.0 Å². The lowest BCUT2D eigenvalue weighted by atomic mass is 9.98. The molecule has 0 spiro atoms. The molecule has 20 heavy (non-hydrogen) atoms. The Labute approximate surface area is 118 Å². The Morgan fingerprint density at radius 3 is 2.90 bits per heavy atom. The second kappa shape index (κ2) is 5.86. The maximum absolute atomic E-state index is 11.9. The lowest BCUT2D eigenvalue weighted by Crippen LogP contribution is -2.13. The minimum atomic E-state index is -0.449. The van der Waals surface area contributed by atoms with E-state index in [9.17, 15) is 4.79 Å². The van der Waals surface area contributed by atoms with Gasteiger partial charge >= 0.3 is 5.97 Å². The fourth-order valence-corrected chi connectivity index (χ4v) is 2.40. The van der Waals surface area contributed by atoms with Crippen LogP contribution in [-0.2, 0) is 16.0 Å². The highest BCUT2D eigenvalue weighted by atomic mass is 16.5. The number of nitrogens with two attached hydrogens (primary N) is 1. The van der Waals surface area contributed by atoms with E-state index in [4.69, 9.17) is 10.5 Å². The highest BCUT2D eigenvalue weighted by molar-refractivity contribution is 6.06. The fraction of sp³-hybridized carbons (Fsp3) is 0.400. The Hall–Kier alpha value is -2.17. The summed E-state index contributed by atoms with van der Waals surface area (Å²) in [5.41, 5.74) is 10.3. The minimum Gasteiger partial charge on any atom is -0.462 e. The minimum absolute atomic E-state index is 0.269. The summed E-state index contributed by atoms with van der Waals surface area (Å²) in [6.45, 7) is 7.85. The number of carbonyl (C=O) groups is 1. The van der Waals surface area contributed by atoms with Crippen molar-refractivity contribution >= 4 is 11.5 Å². The second-order valence-corrected chi connectivity index (χ2v) is 4.74. The normalized spacial score (nSPS) is 14.5. The van der Waals surface area contributed by atoms with E-state index >= 15 is 0 Å². The lowest BCUT2D eigenvalue weighted by Gasteiger charge is -2.14. The van der Waals surface area contributed by atoms with Gasteiger partial charge in [0.25, 0.3) is 0 Å². The fourth-order valence-electron chi connectivity index (χ4n) is 2.40. The Balaban J connectivity index is 2.53. The molecule has 1 aromatic heterocycles. The van der Waals surface area contributed by atoms with Crippen LogP contribution in [0.25, 0.3) is 5.57 Å². The van der Waals surface area contributed by atoms with Gasteiger partial charge in [-0.2, -0.15) is 0 Å². The number of aryl methyl sites for hydroxylation is 1. The van der Waals surface area contributed by atoms with E-state index in [-0.39, 0.29) is 5.57 Å². The zero-order valence-corrected chi connectivity index (χ0v) is 11.9. The van der Waals surface area contributed by atoms with E-state index in [0.717, 1.165) is 24.1 Å². The first-order valence-electron chi connectivity index (χ1n) is 6.72. The topological polar surface area (TPSA) is 78.1 Å². The maximum Gasteiger partial charge on any atom is 0.338 e. The van der Waals surface area contributed by atoms with Gasteiger partial charge in [0, 0.05) is 17.0 Å². The average Bonchev–Trinajstić information content (AvgIpc) is 2.58. The van der Waals surface area contributed by atoms with Gasteiger partial charge in [-0.1, -0.05) is 6.58 Å². The number of rotatable bonds is 3. The van der Waals surface area contributed by atoms with Crippen LogP contribution in [0.1, 0.15) is 36.7 Å². The summed E-state index contributed by atoms with van der Waals surface area (Å²) >= 11 is 0. The predicted molar refractivity (Wildman–Crippen MR) is 76.6 cm³/mol. The maximum atomic E-state index is 11.9. The van der Waals surface area contributed by atoms with E-state index in [1.807, 2.05) is 6.92 Å². The van der Waals surface area contributed by atoms with Gasteiger partial charge in [-0.05, 0) is 38.7 Å². The molecule has 0 unspecified atom stereocenters. The molecular formula is C15H19N3O2. The summed E-state index contributed by atoms with van der Waals surface area (Å²) in [6.07, 6.45) is 3.96. The number of aromatic nitrogens is 2. The summed E-state index contributed by atoms with van der Waals surface area (Å²) < 4.78 is 5.02. The zero-order chi connectivity index (χ0) is 14.7. The van der Waals surface area contributed by atoms with E-state index in [1.54, 1.807) is 6.92 Å². The summed E-state index contributed by atoms with van der Waals surface area (Å²) in [4.78, 5) is 20.5. The van der Waals surface area contributed by atoms with Gasteiger partial charge in [-0.15, -0.1) is 0 Å². The first kappa shape index (κ1) is 14.2. The molecular weight excluding hydrogens is 254 g/mol. The molecule has 0 amide bonds. The molecule has 1 aromatic rings. The molecule has 5 nitrogen and oxygen atoms in total.